The van der Waals surface area contributed by atoms with Crippen LogP contribution in [0, 0.1) is 0 Å². The second-order valence-corrected chi connectivity index (χ2v) is 13.4. The molecule has 0 saturated heterocycles. The van der Waals surface area contributed by atoms with Crippen molar-refractivity contribution in [1.82, 2.24) is 0 Å². The van der Waals surface area contributed by atoms with Crippen LogP contribution >= 0.6 is 0 Å². The van der Waals surface area contributed by atoms with E-state index < -0.39 is 0 Å². The number of benzene rings is 4. The Kier molecular flexibility index (Phi) is 7.84. The minimum Gasteiger partial charge on any atom is -0.876 e. The second kappa shape index (κ2) is 11.6. The minimum absolute atomic E-state index is 0.0328. The number of anilines is 1. The highest BCUT2D eigenvalue weighted by Gasteiger charge is 2.44. The molecule has 4 aromatic rings. The second-order valence-electron chi connectivity index (χ2n) is 13.4. The van der Waals surface area contributed by atoms with Crippen molar-refractivity contribution in [2.75, 3.05) is 18.5 Å². The van der Waals surface area contributed by atoms with Crippen molar-refractivity contribution >= 4 is 38.6 Å². The molecule has 0 atom stereocenters. The molecule has 0 saturated carbocycles. The number of nitrogens with zero attached hydrogens (tertiary/aromatic N) is 2. The van der Waals surface area contributed by atoms with Gasteiger partial charge < -0.3 is 10.0 Å². The van der Waals surface area contributed by atoms with Gasteiger partial charge in [-0.2, -0.15) is 4.58 Å². The summed E-state index contributed by atoms with van der Waals surface area (Å²) in [6, 6.07) is 26.5. The number of hydrogen-bond donors (Lipinski definition) is 0. The molecule has 4 aromatic carbocycles. The van der Waals surface area contributed by atoms with Crippen LogP contribution in [0.1, 0.15) is 64.5 Å². The lowest BCUT2D eigenvalue weighted by Gasteiger charge is -2.27. The Bertz CT molecular complexity index is 1880. The summed E-state index contributed by atoms with van der Waals surface area (Å²) in [5, 5.41) is 16.6. The van der Waals surface area contributed by atoms with Gasteiger partial charge in [-0.25, -0.2) is 0 Å². The Hall–Kier alpha value is -4.37. The number of fused-ring (bicyclic) bond motifs is 6. The van der Waals surface area contributed by atoms with Crippen LogP contribution in [0.25, 0.3) is 21.5 Å². The first-order chi connectivity index (χ1) is 21.1. The zero-order valence-electron chi connectivity index (χ0n) is 26.9. The molecule has 0 aliphatic carbocycles. The lowest BCUT2D eigenvalue weighted by Crippen LogP contribution is -2.27. The van der Waals surface area contributed by atoms with Crippen LogP contribution in [0.15, 0.2) is 121 Å². The van der Waals surface area contributed by atoms with Crippen LogP contribution in [-0.2, 0) is 10.8 Å². The van der Waals surface area contributed by atoms with E-state index in [9.17, 15) is 5.11 Å². The molecule has 0 bridgehead atoms. The van der Waals surface area contributed by atoms with Gasteiger partial charge in [0.1, 0.15) is 7.05 Å². The van der Waals surface area contributed by atoms with Gasteiger partial charge in [-0.3, -0.25) is 0 Å². The van der Waals surface area contributed by atoms with Gasteiger partial charge >= 0.3 is 0 Å². The molecule has 3 nitrogen and oxygen atoms in total. The van der Waals surface area contributed by atoms with Gasteiger partial charge in [-0.05, 0) is 72.0 Å². The first-order valence-corrected chi connectivity index (χ1v) is 16.0. The van der Waals surface area contributed by atoms with E-state index in [0.717, 1.165) is 25.8 Å². The standard InChI is InChI=1S/C41H44N2O/c1-29(44)17-9-8-16-28-43-35-27-25-31-19-13-15-21-33(31)39(35)41(4,5)37(43)23-11-7-10-22-36-40(2,3)38-32-20-14-12-18-30(32)24-26-34(38)42(36)6/h7,10-15,18-27H,1,8-9,16-17,28H2,2-6H3. The molecular formula is C41H44N2O. The molecule has 2 aliphatic heterocycles. The van der Waals surface area contributed by atoms with Crippen molar-refractivity contribution in [2.45, 2.75) is 64.2 Å². The van der Waals surface area contributed by atoms with Gasteiger partial charge in [0.25, 0.3) is 0 Å². The molecule has 0 N–H and O–H groups in total. The Morgan fingerprint density at radius 2 is 1.43 bits per heavy atom. The average Bonchev–Trinajstić information content (AvgIpc) is 3.34. The zero-order valence-corrected chi connectivity index (χ0v) is 26.9. The first-order valence-electron chi connectivity index (χ1n) is 16.0. The molecular weight excluding hydrogens is 536 g/mol. The van der Waals surface area contributed by atoms with Crippen molar-refractivity contribution in [3.8, 4) is 0 Å². The van der Waals surface area contributed by atoms with E-state index in [1.807, 2.05) is 0 Å². The molecule has 44 heavy (non-hydrogen) atoms. The lowest BCUT2D eigenvalue weighted by atomic mass is 9.79. The van der Waals surface area contributed by atoms with Crippen molar-refractivity contribution in [2.24, 2.45) is 0 Å². The molecule has 0 spiro atoms. The maximum atomic E-state index is 11.4. The highest BCUT2D eigenvalue weighted by molar-refractivity contribution is 6.07. The fourth-order valence-corrected chi connectivity index (χ4v) is 7.60. The van der Waals surface area contributed by atoms with Crippen molar-refractivity contribution in [3.63, 3.8) is 0 Å². The third-order valence-corrected chi connectivity index (χ3v) is 9.72. The molecule has 0 aromatic heterocycles. The van der Waals surface area contributed by atoms with E-state index in [0.29, 0.717) is 6.42 Å². The maximum absolute atomic E-state index is 11.4. The summed E-state index contributed by atoms with van der Waals surface area (Å²) in [4.78, 5) is 2.51. The van der Waals surface area contributed by atoms with Crippen LogP contribution in [0.5, 0.6) is 0 Å². The molecule has 3 heteroatoms. The van der Waals surface area contributed by atoms with E-state index in [4.69, 9.17) is 0 Å². The predicted octanol–water partition coefficient (Wildman–Crippen LogP) is 9.23. The highest BCUT2D eigenvalue weighted by atomic mass is 16.3. The molecule has 2 heterocycles. The van der Waals surface area contributed by atoms with Crippen LogP contribution in [0.4, 0.5) is 11.4 Å². The number of allylic oxidation sites excluding steroid dienone is 7. The predicted molar refractivity (Wildman–Crippen MR) is 186 cm³/mol. The number of rotatable bonds is 9. The molecule has 0 unspecified atom stereocenters. The van der Waals surface area contributed by atoms with E-state index in [2.05, 4.69) is 154 Å². The van der Waals surface area contributed by atoms with Gasteiger partial charge in [0.15, 0.2) is 5.71 Å². The molecule has 0 fully saturated rings. The van der Waals surface area contributed by atoms with Gasteiger partial charge in [-0.1, -0.05) is 99.5 Å². The molecule has 6 rings (SSSR count). The van der Waals surface area contributed by atoms with Gasteiger partial charge in [0.2, 0.25) is 5.69 Å². The third kappa shape index (κ3) is 5.09. The highest BCUT2D eigenvalue weighted by Crippen LogP contribution is 2.51. The van der Waals surface area contributed by atoms with Crippen LogP contribution in [0.2, 0.25) is 0 Å². The maximum Gasteiger partial charge on any atom is 0.210 e. The Balaban J connectivity index is 1.29. The third-order valence-electron chi connectivity index (χ3n) is 9.72. The molecule has 0 amide bonds. The van der Waals surface area contributed by atoms with E-state index in [1.54, 1.807) is 0 Å². The fourth-order valence-electron chi connectivity index (χ4n) is 7.60. The lowest BCUT2D eigenvalue weighted by molar-refractivity contribution is -0.401. The summed E-state index contributed by atoms with van der Waals surface area (Å²) in [6.45, 7) is 13.8. The fraction of sp³-hybridized carbons (Fsp3) is 0.293. The molecule has 2 aliphatic rings. The average molecular weight is 581 g/mol. The summed E-state index contributed by atoms with van der Waals surface area (Å²) in [5.41, 5.74) is 7.75. The Morgan fingerprint density at radius 1 is 0.773 bits per heavy atom. The Labute approximate surface area is 262 Å². The van der Waals surface area contributed by atoms with E-state index in [-0.39, 0.29) is 16.6 Å². The topological polar surface area (TPSA) is 29.3 Å². The van der Waals surface area contributed by atoms with E-state index >= 15 is 0 Å². The minimum atomic E-state index is -0.140. The smallest absolute Gasteiger partial charge is 0.210 e. The van der Waals surface area contributed by atoms with Gasteiger partial charge in [0, 0.05) is 41.1 Å². The quantitative estimate of drug-likeness (QED) is 0.0855. The van der Waals surface area contributed by atoms with Crippen molar-refractivity contribution in [1.29, 1.82) is 0 Å². The van der Waals surface area contributed by atoms with Crippen LogP contribution in [0.3, 0.4) is 0 Å². The monoisotopic (exact) mass is 580 g/mol. The van der Waals surface area contributed by atoms with Crippen LogP contribution in [-0.4, -0.2) is 23.9 Å². The van der Waals surface area contributed by atoms with Crippen molar-refractivity contribution < 1.29 is 9.68 Å². The van der Waals surface area contributed by atoms with Crippen LogP contribution < -0.4 is 10.0 Å². The summed E-state index contributed by atoms with van der Waals surface area (Å²) in [7, 11) is 2.18. The summed E-state index contributed by atoms with van der Waals surface area (Å²) in [6.07, 6.45) is 14.6. The molecule has 0 radical (unpaired) electrons. The molecule has 224 valence electrons. The van der Waals surface area contributed by atoms with Gasteiger partial charge in [-0.15, -0.1) is 12.3 Å². The van der Waals surface area contributed by atoms with Gasteiger partial charge in [0.05, 0.1) is 5.41 Å². The number of unbranched alkanes of at least 4 members (excludes halogenated alkanes) is 2. The van der Waals surface area contributed by atoms with E-state index in [1.165, 1.54) is 55.5 Å². The summed E-state index contributed by atoms with van der Waals surface area (Å²) < 4.78 is 2.34. The Morgan fingerprint density at radius 3 is 2.14 bits per heavy atom. The summed E-state index contributed by atoms with van der Waals surface area (Å²) >= 11 is 0. The first kappa shape index (κ1) is 29.7. The number of hydrogen-bond acceptors (Lipinski definition) is 2. The largest absolute Gasteiger partial charge is 0.876 e. The normalized spacial score (nSPS) is 17.9. The zero-order chi connectivity index (χ0) is 31.1. The van der Waals surface area contributed by atoms with Crippen molar-refractivity contribution in [3.05, 3.63) is 132 Å². The SMILES string of the molecule is C=C([O-])CCCCCN1C(=CC=CC=CC2=[N+](C)c3ccc4ccccc4c3C2(C)C)C(C)(C)c2c1ccc1ccccc21. The summed E-state index contributed by atoms with van der Waals surface area (Å²) in [5.74, 6) is 0.0328.